The van der Waals surface area contributed by atoms with E-state index in [4.69, 9.17) is 11.6 Å². The van der Waals surface area contributed by atoms with E-state index >= 15 is 0 Å². The van der Waals surface area contributed by atoms with Gasteiger partial charge in [0.25, 0.3) is 0 Å². The highest BCUT2D eigenvalue weighted by Crippen LogP contribution is 2.18. The van der Waals surface area contributed by atoms with E-state index in [1.165, 1.54) is 0 Å². The van der Waals surface area contributed by atoms with Gasteiger partial charge in [-0.3, -0.25) is 4.99 Å². The number of aliphatic imine (C=N–C) groups is 1. The molecule has 0 atom stereocenters. The summed E-state index contributed by atoms with van der Waals surface area (Å²) in [5, 5.41) is 0.715. The Morgan fingerprint density at radius 2 is 1.67 bits per heavy atom. The summed E-state index contributed by atoms with van der Waals surface area (Å²) in [5.41, 5.74) is 3.00. The van der Waals surface area contributed by atoms with E-state index in [1.807, 2.05) is 60.9 Å². The summed E-state index contributed by atoms with van der Waals surface area (Å²) in [6, 6.07) is 19.7. The van der Waals surface area contributed by atoms with Gasteiger partial charge >= 0.3 is 0 Å². The van der Waals surface area contributed by atoms with E-state index in [9.17, 15) is 0 Å². The fourth-order valence-corrected chi connectivity index (χ4v) is 2.39. The van der Waals surface area contributed by atoms with Crippen LogP contribution in [-0.4, -0.2) is 10.8 Å². The Kier molecular flexibility index (Phi) is 4.23. The van der Waals surface area contributed by atoms with Crippen LogP contribution in [0.2, 0.25) is 5.02 Å². The molecule has 0 aliphatic heterocycles. The highest BCUT2D eigenvalue weighted by atomic mass is 79.9. The average molecular weight is 360 g/mol. The highest BCUT2D eigenvalue weighted by Gasteiger charge is 2.01. The molecule has 3 rings (SSSR count). The van der Waals surface area contributed by atoms with E-state index in [0.29, 0.717) is 5.02 Å². The molecule has 0 fully saturated rings. The van der Waals surface area contributed by atoms with E-state index in [0.717, 1.165) is 21.5 Å². The first kappa shape index (κ1) is 14.1. The molecule has 1 aromatic heterocycles. The van der Waals surface area contributed by atoms with Crippen molar-refractivity contribution in [2.24, 2.45) is 4.99 Å². The summed E-state index contributed by atoms with van der Waals surface area (Å²) in [7, 11) is 0. The van der Waals surface area contributed by atoms with Crippen molar-refractivity contribution >= 4 is 39.4 Å². The molecule has 0 bridgehead atoms. The third-order valence-electron chi connectivity index (χ3n) is 3.06. The van der Waals surface area contributed by atoms with E-state index in [-0.39, 0.29) is 0 Å². The van der Waals surface area contributed by atoms with Crippen molar-refractivity contribution in [3.63, 3.8) is 0 Å². The van der Waals surface area contributed by atoms with Crippen molar-refractivity contribution in [3.8, 4) is 5.69 Å². The largest absolute Gasteiger partial charge is 0.316 e. The summed E-state index contributed by atoms with van der Waals surface area (Å²) in [5.74, 6) is 0. The monoisotopic (exact) mass is 358 g/mol. The molecule has 4 heteroatoms. The molecule has 0 aliphatic rings. The van der Waals surface area contributed by atoms with Gasteiger partial charge in [0, 0.05) is 21.4 Å². The molecule has 2 nitrogen and oxygen atoms in total. The molecule has 0 amide bonds. The Bertz CT molecular complexity index is 758. The van der Waals surface area contributed by atoms with Gasteiger partial charge < -0.3 is 4.57 Å². The molecular weight excluding hydrogens is 348 g/mol. The predicted octanol–water partition coefficient (Wildman–Crippen LogP) is 5.64. The first-order chi connectivity index (χ1) is 10.2. The van der Waals surface area contributed by atoms with Crippen LogP contribution in [0.5, 0.6) is 0 Å². The number of benzene rings is 2. The molecule has 0 aliphatic carbocycles. The van der Waals surface area contributed by atoms with Crippen LogP contribution in [0.4, 0.5) is 5.69 Å². The van der Waals surface area contributed by atoms with Gasteiger partial charge in [0.2, 0.25) is 0 Å². The Morgan fingerprint density at radius 3 is 2.38 bits per heavy atom. The first-order valence-electron chi connectivity index (χ1n) is 6.45. The number of rotatable bonds is 3. The topological polar surface area (TPSA) is 17.3 Å². The van der Waals surface area contributed by atoms with Crippen molar-refractivity contribution in [2.75, 3.05) is 0 Å². The predicted molar refractivity (Wildman–Crippen MR) is 92.2 cm³/mol. The average Bonchev–Trinajstić information content (AvgIpc) is 2.96. The number of hydrogen-bond donors (Lipinski definition) is 0. The second-order valence-corrected chi connectivity index (χ2v) is 5.87. The van der Waals surface area contributed by atoms with Gasteiger partial charge in [-0.15, -0.1) is 0 Å². The normalized spacial score (nSPS) is 11.1. The molecule has 0 saturated heterocycles. The molecule has 2 aromatic carbocycles. The maximum Gasteiger partial charge on any atom is 0.0639 e. The molecule has 21 heavy (non-hydrogen) atoms. The Labute approximate surface area is 136 Å². The quantitative estimate of drug-likeness (QED) is 0.538. The minimum atomic E-state index is 0.715. The van der Waals surface area contributed by atoms with Gasteiger partial charge in [-0.25, -0.2) is 0 Å². The summed E-state index contributed by atoms with van der Waals surface area (Å²) in [6.45, 7) is 0. The maximum atomic E-state index is 5.87. The van der Waals surface area contributed by atoms with Gasteiger partial charge in [-0.1, -0.05) is 27.5 Å². The molecule has 1 heterocycles. The van der Waals surface area contributed by atoms with Crippen LogP contribution >= 0.6 is 27.5 Å². The molecular formula is C17H12BrClN2. The van der Waals surface area contributed by atoms with Gasteiger partial charge in [-0.2, -0.15) is 0 Å². The minimum Gasteiger partial charge on any atom is -0.316 e. The lowest BCUT2D eigenvalue weighted by molar-refractivity contribution is 1.07. The van der Waals surface area contributed by atoms with Crippen molar-refractivity contribution in [1.82, 2.24) is 4.57 Å². The van der Waals surface area contributed by atoms with Crippen molar-refractivity contribution < 1.29 is 0 Å². The standard InChI is InChI=1S/C17H12BrClN2/c18-13-3-9-16(10-4-13)21-11-1-2-17(21)12-20-15-7-5-14(19)6-8-15/h1-12H. The van der Waals surface area contributed by atoms with E-state index in [2.05, 4.69) is 37.6 Å². The number of aromatic nitrogens is 1. The van der Waals surface area contributed by atoms with Crippen LogP contribution in [0.25, 0.3) is 5.69 Å². The zero-order chi connectivity index (χ0) is 14.7. The van der Waals surface area contributed by atoms with Crippen molar-refractivity contribution in [3.05, 3.63) is 82.0 Å². The minimum absolute atomic E-state index is 0.715. The first-order valence-corrected chi connectivity index (χ1v) is 7.62. The van der Waals surface area contributed by atoms with Crippen LogP contribution in [0.3, 0.4) is 0 Å². The van der Waals surface area contributed by atoms with Crippen LogP contribution in [0.15, 0.2) is 76.3 Å². The SMILES string of the molecule is Clc1ccc(N=Cc2cccn2-c2ccc(Br)cc2)cc1. The van der Waals surface area contributed by atoms with Gasteiger partial charge in [0.1, 0.15) is 0 Å². The van der Waals surface area contributed by atoms with Crippen LogP contribution in [0.1, 0.15) is 5.69 Å². The second kappa shape index (κ2) is 6.29. The van der Waals surface area contributed by atoms with E-state index in [1.54, 1.807) is 0 Å². The number of hydrogen-bond acceptors (Lipinski definition) is 1. The van der Waals surface area contributed by atoms with Crippen LogP contribution < -0.4 is 0 Å². The molecule has 0 N–H and O–H groups in total. The zero-order valence-corrected chi connectivity index (χ0v) is 13.4. The van der Waals surface area contributed by atoms with Gasteiger partial charge in [-0.05, 0) is 60.7 Å². The maximum absolute atomic E-state index is 5.87. The zero-order valence-electron chi connectivity index (χ0n) is 11.1. The lowest BCUT2D eigenvalue weighted by Gasteiger charge is -2.06. The third-order valence-corrected chi connectivity index (χ3v) is 3.84. The smallest absolute Gasteiger partial charge is 0.0639 e. The lowest BCUT2D eigenvalue weighted by atomic mass is 10.3. The fraction of sp³-hybridized carbons (Fsp3) is 0. The van der Waals surface area contributed by atoms with Crippen molar-refractivity contribution in [2.45, 2.75) is 0 Å². The molecule has 104 valence electrons. The Hall–Kier alpha value is -1.84. The Morgan fingerprint density at radius 1 is 0.952 bits per heavy atom. The third kappa shape index (κ3) is 3.43. The van der Waals surface area contributed by atoms with Crippen LogP contribution in [0, 0.1) is 0 Å². The lowest BCUT2D eigenvalue weighted by Crippen LogP contribution is -1.97. The molecule has 3 aromatic rings. The number of nitrogens with zero attached hydrogens (tertiary/aromatic N) is 2. The second-order valence-electron chi connectivity index (χ2n) is 4.51. The molecule has 0 spiro atoms. The summed E-state index contributed by atoms with van der Waals surface area (Å²) in [6.07, 6.45) is 3.87. The summed E-state index contributed by atoms with van der Waals surface area (Å²) in [4.78, 5) is 4.48. The summed E-state index contributed by atoms with van der Waals surface area (Å²) < 4.78 is 3.15. The fourth-order valence-electron chi connectivity index (χ4n) is 2.00. The molecule has 0 unspecified atom stereocenters. The van der Waals surface area contributed by atoms with Gasteiger partial charge in [0.05, 0.1) is 17.6 Å². The van der Waals surface area contributed by atoms with Gasteiger partial charge in [0.15, 0.2) is 0 Å². The summed E-state index contributed by atoms with van der Waals surface area (Å²) >= 11 is 9.32. The highest BCUT2D eigenvalue weighted by molar-refractivity contribution is 9.10. The van der Waals surface area contributed by atoms with Crippen molar-refractivity contribution in [1.29, 1.82) is 0 Å². The van der Waals surface area contributed by atoms with E-state index < -0.39 is 0 Å². The van der Waals surface area contributed by atoms with Crippen LogP contribution in [-0.2, 0) is 0 Å². The number of halogens is 2. The molecule has 0 radical (unpaired) electrons. The molecule has 0 saturated carbocycles. The Balaban J connectivity index is 1.88.